The number of amides is 4. The van der Waals surface area contributed by atoms with Crippen molar-refractivity contribution in [3.63, 3.8) is 0 Å². The smallest absolute Gasteiger partial charge is 0.330 e. The second-order valence-corrected chi connectivity index (χ2v) is 9.52. The molecule has 0 aromatic heterocycles. The number of carbonyl (C=O) groups excluding carboxylic acids is 3. The quantitative estimate of drug-likeness (QED) is 0.318. The Balaban J connectivity index is 1.79. The van der Waals surface area contributed by atoms with Gasteiger partial charge in [0.05, 0.1) is 11.0 Å². The van der Waals surface area contributed by atoms with E-state index in [1.807, 2.05) is 37.3 Å². The molecule has 0 aliphatic carbocycles. The molecule has 4 rings (SSSR count). The van der Waals surface area contributed by atoms with Gasteiger partial charge in [-0.15, -0.1) is 0 Å². The number of nitro groups is 1. The van der Waals surface area contributed by atoms with Crippen LogP contribution >= 0.6 is 0 Å². The summed E-state index contributed by atoms with van der Waals surface area (Å²) in [7, 11) is 0. The minimum absolute atomic E-state index is 0.0110. The molecule has 0 unspecified atom stereocenters. The number of non-ortho nitro benzene ring substituents is 1. The molecule has 0 saturated carbocycles. The number of rotatable bonds is 9. The Morgan fingerprint density at radius 3 is 2.47 bits per heavy atom. The Labute approximate surface area is 210 Å². The second kappa shape index (κ2) is 10.5. The molecule has 9 nitrogen and oxygen atoms in total. The summed E-state index contributed by atoms with van der Waals surface area (Å²) in [6.07, 6.45) is 3.52. The van der Waals surface area contributed by atoms with Gasteiger partial charge in [0, 0.05) is 37.3 Å². The number of benzene rings is 2. The highest BCUT2D eigenvalue weighted by Crippen LogP contribution is 2.47. The Morgan fingerprint density at radius 1 is 1.06 bits per heavy atom. The van der Waals surface area contributed by atoms with Crippen LogP contribution < -0.4 is 10.2 Å². The molecular weight excluding hydrogens is 460 g/mol. The Bertz CT molecular complexity index is 1170. The van der Waals surface area contributed by atoms with Crippen molar-refractivity contribution in [2.75, 3.05) is 18.0 Å². The first-order chi connectivity index (χ1) is 17.3. The molecule has 0 radical (unpaired) electrons. The number of unbranched alkanes of at least 4 members (excludes halogenated alkanes) is 1. The average Bonchev–Trinajstić information content (AvgIpc) is 2.87. The Hall–Kier alpha value is -3.75. The predicted octanol–water partition coefficient (Wildman–Crippen LogP) is 4.23. The van der Waals surface area contributed by atoms with Crippen molar-refractivity contribution < 1.29 is 19.3 Å². The van der Waals surface area contributed by atoms with Crippen molar-refractivity contribution in [2.24, 2.45) is 5.41 Å². The molecule has 1 spiro atoms. The van der Waals surface area contributed by atoms with Crippen LogP contribution in [0.15, 0.2) is 48.5 Å². The largest absolute Gasteiger partial charge is 0.367 e. The van der Waals surface area contributed by atoms with E-state index >= 15 is 0 Å². The fraction of sp³-hybridized carbons (Fsp3) is 0.444. The van der Waals surface area contributed by atoms with E-state index in [1.54, 1.807) is 6.07 Å². The van der Waals surface area contributed by atoms with Gasteiger partial charge < -0.3 is 4.90 Å². The molecule has 2 heterocycles. The van der Waals surface area contributed by atoms with E-state index in [0.717, 1.165) is 35.4 Å². The van der Waals surface area contributed by atoms with Crippen LogP contribution in [0.1, 0.15) is 50.7 Å². The normalized spacial score (nSPS) is 21.5. The molecule has 4 amide bonds. The zero-order valence-electron chi connectivity index (χ0n) is 20.7. The summed E-state index contributed by atoms with van der Waals surface area (Å²) in [5.41, 5.74) is 0.730. The van der Waals surface area contributed by atoms with Gasteiger partial charge in [0.1, 0.15) is 0 Å². The number of imide groups is 2. The van der Waals surface area contributed by atoms with E-state index < -0.39 is 34.2 Å². The molecule has 2 aliphatic heterocycles. The number of nitrogens with one attached hydrogen (secondary N) is 1. The molecule has 2 atom stereocenters. The van der Waals surface area contributed by atoms with Crippen LogP contribution in [0, 0.1) is 15.5 Å². The van der Waals surface area contributed by atoms with Gasteiger partial charge in [0.15, 0.2) is 5.41 Å². The molecule has 1 saturated heterocycles. The lowest BCUT2D eigenvalue weighted by Gasteiger charge is -2.52. The van der Waals surface area contributed by atoms with E-state index in [2.05, 4.69) is 17.1 Å². The summed E-state index contributed by atoms with van der Waals surface area (Å²) in [6, 6.07) is 13.0. The molecule has 2 aromatic carbocycles. The summed E-state index contributed by atoms with van der Waals surface area (Å²) < 4.78 is 0. The summed E-state index contributed by atoms with van der Waals surface area (Å²) in [5.74, 6) is -1.14. The number of barbiturate groups is 1. The molecule has 9 heteroatoms. The van der Waals surface area contributed by atoms with Crippen molar-refractivity contribution in [1.29, 1.82) is 0 Å². The second-order valence-electron chi connectivity index (χ2n) is 9.52. The lowest BCUT2D eigenvalue weighted by molar-refractivity contribution is -0.384. The minimum Gasteiger partial charge on any atom is -0.367 e. The first-order valence-corrected chi connectivity index (χ1v) is 12.6. The Morgan fingerprint density at radius 2 is 1.81 bits per heavy atom. The zero-order valence-corrected chi connectivity index (χ0v) is 20.7. The van der Waals surface area contributed by atoms with E-state index in [4.69, 9.17) is 0 Å². The highest BCUT2D eigenvalue weighted by molar-refractivity contribution is 6.20. The maximum atomic E-state index is 14.2. The lowest BCUT2D eigenvalue weighted by Crippen LogP contribution is -2.72. The molecule has 2 aliphatic rings. The number of nitrogens with zero attached hydrogens (tertiary/aromatic N) is 3. The molecular formula is C27H32N4O5. The number of fused-ring (bicyclic) bond motifs is 1. The van der Waals surface area contributed by atoms with E-state index in [9.17, 15) is 24.5 Å². The molecule has 0 bridgehead atoms. The van der Waals surface area contributed by atoms with Gasteiger partial charge in [0.2, 0.25) is 11.8 Å². The maximum absolute atomic E-state index is 14.2. The fourth-order valence-corrected chi connectivity index (χ4v) is 5.48. The maximum Gasteiger partial charge on any atom is 0.330 e. The molecule has 2 aromatic rings. The Kier molecular flexibility index (Phi) is 7.37. The summed E-state index contributed by atoms with van der Waals surface area (Å²) in [5, 5.41) is 14.0. The molecule has 1 N–H and O–H groups in total. The highest BCUT2D eigenvalue weighted by atomic mass is 16.6. The van der Waals surface area contributed by atoms with Crippen LogP contribution in [0.4, 0.5) is 16.2 Å². The molecule has 190 valence electrons. The van der Waals surface area contributed by atoms with Gasteiger partial charge in [-0.1, -0.05) is 57.0 Å². The number of nitro benzene ring substituents is 1. The van der Waals surface area contributed by atoms with Crippen LogP contribution in [0.25, 0.3) is 0 Å². The number of hydrogen-bond acceptors (Lipinski definition) is 6. The van der Waals surface area contributed by atoms with E-state index in [0.29, 0.717) is 24.9 Å². The SMILES string of the molecule is CCCCN1c2ccc([N+](=O)[O-])cc2C[C@]2(C(=O)NC(=O)N(CCc3ccccc3)C2=O)[C@@H]1CCC. The van der Waals surface area contributed by atoms with Crippen LogP contribution in [-0.2, 0) is 22.4 Å². The van der Waals surface area contributed by atoms with Crippen LogP contribution in [0.3, 0.4) is 0 Å². The van der Waals surface area contributed by atoms with Crippen LogP contribution in [-0.4, -0.2) is 46.8 Å². The monoisotopic (exact) mass is 492 g/mol. The van der Waals surface area contributed by atoms with Crippen molar-refractivity contribution in [2.45, 2.75) is 58.4 Å². The minimum atomic E-state index is -1.55. The van der Waals surface area contributed by atoms with Gasteiger partial charge in [-0.2, -0.15) is 0 Å². The standard InChI is InChI=1S/C27H32N4O5/c1-3-5-15-29-22-13-12-21(31(35)36)17-20(22)18-27(23(29)9-4-2)24(32)28-26(34)30(25(27)33)16-14-19-10-7-6-8-11-19/h6-8,10-13,17,23H,3-5,9,14-16,18H2,1-2H3,(H,28,32,34)/t23-,27+/m0/s1. The van der Waals surface area contributed by atoms with Crippen molar-refractivity contribution in [1.82, 2.24) is 10.2 Å². The van der Waals surface area contributed by atoms with Crippen LogP contribution in [0.2, 0.25) is 0 Å². The molecule has 36 heavy (non-hydrogen) atoms. The summed E-state index contributed by atoms with van der Waals surface area (Å²) in [4.78, 5) is 54.9. The molecule has 1 fully saturated rings. The van der Waals surface area contributed by atoms with Gasteiger partial charge >= 0.3 is 6.03 Å². The zero-order chi connectivity index (χ0) is 25.9. The summed E-state index contributed by atoms with van der Waals surface area (Å²) in [6.45, 7) is 4.81. The van der Waals surface area contributed by atoms with Gasteiger partial charge in [-0.05, 0) is 36.5 Å². The first kappa shape index (κ1) is 25.3. The number of urea groups is 1. The first-order valence-electron chi connectivity index (χ1n) is 12.6. The van der Waals surface area contributed by atoms with Crippen LogP contribution in [0.5, 0.6) is 0 Å². The average molecular weight is 493 g/mol. The van der Waals surface area contributed by atoms with Gasteiger partial charge in [0.25, 0.3) is 5.69 Å². The topological polar surface area (TPSA) is 113 Å². The third-order valence-corrected chi connectivity index (χ3v) is 7.28. The number of anilines is 1. The third kappa shape index (κ3) is 4.45. The number of hydrogen-bond donors (Lipinski definition) is 1. The predicted molar refractivity (Wildman–Crippen MR) is 136 cm³/mol. The fourth-order valence-electron chi connectivity index (χ4n) is 5.48. The van der Waals surface area contributed by atoms with Crippen molar-refractivity contribution >= 4 is 29.2 Å². The number of carbonyl (C=O) groups is 3. The van der Waals surface area contributed by atoms with Gasteiger partial charge in [-0.25, -0.2) is 4.79 Å². The van der Waals surface area contributed by atoms with Crippen molar-refractivity contribution in [3.05, 3.63) is 69.8 Å². The highest BCUT2D eigenvalue weighted by Gasteiger charge is 2.61. The summed E-state index contributed by atoms with van der Waals surface area (Å²) >= 11 is 0. The van der Waals surface area contributed by atoms with E-state index in [-0.39, 0.29) is 18.7 Å². The third-order valence-electron chi connectivity index (χ3n) is 7.28. The van der Waals surface area contributed by atoms with Gasteiger partial charge in [-0.3, -0.25) is 29.9 Å². The van der Waals surface area contributed by atoms with Crippen molar-refractivity contribution in [3.8, 4) is 0 Å². The lowest BCUT2D eigenvalue weighted by atomic mass is 9.67. The van der Waals surface area contributed by atoms with E-state index in [1.165, 1.54) is 12.1 Å².